The zero-order valence-electron chi connectivity index (χ0n) is 12.2. The molecule has 0 radical (unpaired) electrons. The lowest BCUT2D eigenvalue weighted by atomic mass is 9.82. The van der Waals surface area contributed by atoms with Crippen molar-refractivity contribution < 1.29 is 0 Å². The zero-order chi connectivity index (χ0) is 14.0. The summed E-state index contributed by atoms with van der Waals surface area (Å²) in [6, 6.07) is 10.5. The standard InChI is InChI=1S/C17H22N2S/c1-13(2)17(9-6-10-18-17)11-16-19-15(12-20-16)14-7-4-3-5-8-14/h3-5,7-8,12-13,18H,6,9-11H2,1-2H3. The van der Waals surface area contributed by atoms with Gasteiger partial charge in [-0.05, 0) is 25.3 Å². The van der Waals surface area contributed by atoms with Gasteiger partial charge >= 0.3 is 0 Å². The second-order valence-corrected chi connectivity index (χ2v) is 6.95. The van der Waals surface area contributed by atoms with E-state index in [0.29, 0.717) is 5.92 Å². The summed E-state index contributed by atoms with van der Waals surface area (Å²) in [7, 11) is 0. The van der Waals surface area contributed by atoms with Crippen LogP contribution in [-0.2, 0) is 6.42 Å². The van der Waals surface area contributed by atoms with Gasteiger partial charge in [-0.25, -0.2) is 4.98 Å². The summed E-state index contributed by atoms with van der Waals surface area (Å²) in [5.41, 5.74) is 2.58. The van der Waals surface area contributed by atoms with Gasteiger partial charge in [-0.15, -0.1) is 11.3 Å². The normalized spacial score (nSPS) is 22.6. The molecule has 0 spiro atoms. The lowest BCUT2D eigenvalue weighted by Crippen LogP contribution is -2.46. The highest BCUT2D eigenvalue weighted by atomic mass is 32.1. The van der Waals surface area contributed by atoms with Crippen molar-refractivity contribution in [3.05, 3.63) is 40.7 Å². The van der Waals surface area contributed by atoms with Crippen LogP contribution in [0.2, 0.25) is 0 Å². The van der Waals surface area contributed by atoms with E-state index in [0.717, 1.165) is 18.7 Å². The number of benzene rings is 1. The van der Waals surface area contributed by atoms with E-state index in [1.165, 1.54) is 23.4 Å². The summed E-state index contributed by atoms with van der Waals surface area (Å²) >= 11 is 1.80. The minimum absolute atomic E-state index is 0.256. The molecule has 1 aromatic heterocycles. The Morgan fingerprint density at radius 2 is 2.10 bits per heavy atom. The molecule has 2 nitrogen and oxygen atoms in total. The van der Waals surface area contributed by atoms with E-state index >= 15 is 0 Å². The van der Waals surface area contributed by atoms with Gasteiger partial charge in [0.05, 0.1) is 10.7 Å². The van der Waals surface area contributed by atoms with E-state index in [4.69, 9.17) is 4.98 Å². The molecule has 20 heavy (non-hydrogen) atoms. The molecule has 2 aromatic rings. The molecule has 1 unspecified atom stereocenters. The highest BCUT2D eigenvalue weighted by Crippen LogP contribution is 2.33. The molecule has 0 bridgehead atoms. The largest absolute Gasteiger partial charge is 0.311 e. The molecule has 1 aromatic carbocycles. The summed E-state index contributed by atoms with van der Waals surface area (Å²) < 4.78 is 0. The SMILES string of the molecule is CC(C)C1(Cc2nc(-c3ccccc3)cs2)CCCN1. The molecule has 0 amide bonds. The Hall–Kier alpha value is -1.19. The first-order valence-electron chi connectivity index (χ1n) is 7.44. The summed E-state index contributed by atoms with van der Waals surface area (Å²) in [6.45, 7) is 5.79. The first kappa shape index (κ1) is 13.8. The molecule has 2 heterocycles. The van der Waals surface area contributed by atoms with Crippen LogP contribution in [0.5, 0.6) is 0 Å². The Morgan fingerprint density at radius 1 is 1.30 bits per heavy atom. The maximum Gasteiger partial charge on any atom is 0.0951 e. The fourth-order valence-corrected chi connectivity index (χ4v) is 4.01. The van der Waals surface area contributed by atoms with Crippen LogP contribution in [0.4, 0.5) is 0 Å². The van der Waals surface area contributed by atoms with Gasteiger partial charge in [0, 0.05) is 22.9 Å². The fourth-order valence-electron chi connectivity index (χ4n) is 3.08. The van der Waals surface area contributed by atoms with E-state index in [-0.39, 0.29) is 5.54 Å². The highest BCUT2D eigenvalue weighted by Gasteiger charge is 2.37. The third kappa shape index (κ3) is 2.65. The molecule has 1 aliphatic heterocycles. The van der Waals surface area contributed by atoms with Crippen molar-refractivity contribution in [1.29, 1.82) is 0 Å². The number of rotatable bonds is 4. The van der Waals surface area contributed by atoms with Gasteiger partial charge in [0.25, 0.3) is 0 Å². The van der Waals surface area contributed by atoms with Crippen LogP contribution >= 0.6 is 11.3 Å². The van der Waals surface area contributed by atoms with Gasteiger partial charge in [0.1, 0.15) is 0 Å². The predicted molar refractivity (Wildman–Crippen MR) is 86.1 cm³/mol. The van der Waals surface area contributed by atoms with Crippen molar-refractivity contribution in [3.8, 4) is 11.3 Å². The molecule has 0 aliphatic carbocycles. The average Bonchev–Trinajstić information content (AvgIpc) is 3.10. The van der Waals surface area contributed by atoms with Crippen LogP contribution in [0.1, 0.15) is 31.7 Å². The fraction of sp³-hybridized carbons (Fsp3) is 0.471. The topological polar surface area (TPSA) is 24.9 Å². The first-order chi connectivity index (χ1) is 9.70. The molecule has 1 N–H and O–H groups in total. The molecular formula is C17H22N2S. The lowest BCUT2D eigenvalue weighted by molar-refractivity contribution is 0.269. The quantitative estimate of drug-likeness (QED) is 0.914. The van der Waals surface area contributed by atoms with Crippen LogP contribution in [0.3, 0.4) is 0 Å². The maximum absolute atomic E-state index is 4.85. The number of nitrogens with zero attached hydrogens (tertiary/aromatic N) is 1. The number of hydrogen-bond acceptors (Lipinski definition) is 3. The second-order valence-electron chi connectivity index (χ2n) is 6.01. The Labute approximate surface area is 125 Å². The predicted octanol–water partition coefficient (Wildman–Crippen LogP) is 4.13. The summed E-state index contributed by atoms with van der Waals surface area (Å²) in [6.07, 6.45) is 3.61. The van der Waals surface area contributed by atoms with Crippen LogP contribution in [0, 0.1) is 5.92 Å². The Balaban J connectivity index is 1.80. The molecule has 1 aliphatic rings. The van der Waals surface area contributed by atoms with Crippen LogP contribution in [-0.4, -0.2) is 17.1 Å². The minimum Gasteiger partial charge on any atom is -0.311 e. The zero-order valence-corrected chi connectivity index (χ0v) is 13.0. The van der Waals surface area contributed by atoms with E-state index in [9.17, 15) is 0 Å². The number of hydrogen-bond donors (Lipinski definition) is 1. The van der Waals surface area contributed by atoms with E-state index < -0.39 is 0 Å². The monoisotopic (exact) mass is 286 g/mol. The first-order valence-corrected chi connectivity index (χ1v) is 8.32. The third-order valence-corrected chi connectivity index (χ3v) is 5.32. The van der Waals surface area contributed by atoms with Crippen molar-refractivity contribution in [3.63, 3.8) is 0 Å². The summed E-state index contributed by atoms with van der Waals surface area (Å²) in [4.78, 5) is 4.85. The van der Waals surface area contributed by atoms with Gasteiger partial charge in [-0.1, -0.05) is 44.2 Å². The molecule has 1 saturated heterocycles. The molecule has 3 heteroatoms. The van der Waals surface area contributed by atoms with E-state index in [1.54, 1.807) is 11.3 Å². The van der Waals surface area contributed by atoms with E-state index in [1.807, 2.05) is 6.07 Å². The number of thiazole rings is 1. The molecule has 106 valence electrons. The summed E-state index contributed by atoms with van der Waals surface area (Å²) in [5, 5.41) is 7.18. The van der Waals surface area contributed by atoms with Gasteiger partial charge < -0.3 is 5.32 Å². The Bertz CT molecular complexity index is 553. The maximum atomic E-state index is 4.85. The van der Waals surface area contributed by atoms with Crippen molar-refractivity contribution >= 4 is 11.3 Å². The smallest absolute Gasteiger partial charge is 0.0951 e. The lowest BCUT2D eigenvalue weighted by Gasteiger charge is -2.33. The third-order valence-electron chi connectivity index (χ3n) is 4.47. The van der Waals surface area contributed by atoms with Crippen molar-refractivity contribution in [2.24, 2.45) is 5.92 Å². The van der Waals surface area contributed by atoms with Gasteiger partial charge in [0.15, 0.2) is 0 Å². The average molecular weight is 286 g/mol. The summed E-state index contributed by atoms with van der Waals surface area (Å²) in [5.74, 6) is 0.647. The molecule has 1 atom stereocenters. The van der Waals surface area contributed by atoms with Gasteiger partial charge in [-0.2, -0.15) is 0 Å². The molecular weight excluding hydrogens is 264 g/mol. The van der Waals surface area contributed by atoms with Crippen LogP contribution in [0.25, 0.3) is 11.3 Å². The van der Waals surface area contributed by atoms with Crippen molar-refractivity contribution in [2.75, 3.05) is 6.54 Å². The minimum atomic E-state index is 0.256. The second kappa shape index (κ2) is 5.66. The molecule has 0 saturated carbocycles. The van der Waals surface area contributed by atoms with Crippen molar-refractivity contribution in [1.82, 2.24) is 10.3 Å². The van der Waals surface area contributed by atoms with Crippen molar-refractivity contribution in [2.45, 2.75) is 38.6 Å². The van der Waals surface area contributed by atoms with Crippen LogP contribution in [0.15, 0.2) is 35.7 Å². The Morgan fingerprint density at radius 3 is 2.75 bits per heavy atom. The molecule has 3 rings (SSSR count). The number of aromatic nitrogens is 1. The van der Waals surface area contributed by atoms with Crippen LogP contribution < -0.4 is 5.32 Å². The van der Waals surface area contributed by atoms with E-state index in [2.05, 4.69) is 48.8 Å². The Kier molecular flexibility index (Phi) is 3.90. The van der Waals surface area contributed by atoms with Gasteiger partial charge in [0.2, 0.25) is 0 Å². The highest BCUT2D eigenvalue weighted by molar-refractivity contribution is 7.10. The molecule has 1 fully saturated rings. The van der Waals surface area contributed by atoms with Gasteiger partial charge in [-0.3, -0.25) is 0 Å². The number of nitrogens with one attached hydrogen (secondary N) is 1.